The summed E-state index contributed by atoms with van der Waals surface area (Å²) in [5.41, 5.74) is 2.51. The number of nitrogens with zero attached hydrogens (tertiary/aromatic N) is 3. The van der Waals surface area contributed by atoms with E-state index in [0.717, 1.165) is 22.6 Å². The number of nitriles is 1. The maximum Gasteiger partial charge on any atom is 0.313 e. The van der Waals surface area contributed by atoms with Crippen LogP contribution in [0.4, 0.5) is 0 Å². The molecule has 6 heteroatoms. The van der Waals surface area contributed by atoms with Crippen LogP contribution in [0.2, 0.25) is 0 Å². The monoisotopic (exact) mass is 301 g/mol. The Balaban J connectivity index is 2.11. The van der Waals surface area contributed by atoms with E-state index in [-0.39, 0.29) is 11.2 Å². The average molecular weight is 301 g/mol. The molecule has 108 valence electrons. The van der Waals surface area contributed by atoms with Gasteiger partial charge in [-0.3, -0.25) is 4.79 Å². The average Bonchev–Trinajstić information content (AvgIpc) is 2.92. The van der Waals surface area contributed by atoms with E-state index in [1.165, 1.54) is 11.8 Å². The Morgan fingerprint density at radius 1 is 1.62 bits per heavy atom. The minimum absolute atomic E-state index is 0.0123. The molecule has 1 aromatic heterocycles. The number of thioether (sulfide) groups is 1. The fraction of sp³-hybridized carbons (Fsp3) is 0.400. The van der Waals surface area contributed by atoms with Gasteiger partial charge in [0.05, 0.1) is 28.4 Å². The Hall–Kier alpha value is -2.00. The molecule has 1 aromatic carbocycles. The Labute approximate surface area is 126 Å². The standard InChI is InChI=1S/C15H15N3O2S/c1-15(2)6-12(15)18-11-5-9(7-16)3-4-10(11)17-14(18)21-8-13(19)20/h3-5,12H,6,8H2,1-2H3,(H,19,20). The fourth-order valence-corrected chi connectivity index (χ4v) is 3.33. The van der Waals surface area contributed by atoms with E-state index in [1.54, 1.807) is 6.07 Å². The highest BCUT2D eigenvalue weighted by Crippen LogP contribution is 2.57. The lowest BCUT2D eigenvalue weighted by Gasteiger charge is -2.10. The van der Waals surface area contributed by atoms with Gasteiger partial charge in [0.15, 0.2) is 5.16 Å². The largest absolute Gasteiger partial charge is 0.481 e. The quantitative estimate of drug-likeness (QED) is 0.878. The molecule has 21 heavy (non-hydrogen) atoms. The molecular formula is C15H15N3O2S. The van der Waals surface area contributed by atoms with E-state index < -0.39 is 5.97 Å². The molecule has 1 aliphatic rings. The van der Waals surface area contributed by atoms with Gasteiger partial charge >= 0.3 is 5.97 Å². The SMILES string of the molecule is CC1(C)CC1n1c(SCC(=O)O)nc2ccc(C#N)cc21. The summed E-state index contributed by atoms with van der Waals surface area (Å²) in [5, 5.41) is 18.7. The van der Waals surface area contributed by atoms with Gasteiger partial charge in [0.1, 0.15) is 0 Å². The van der Waals surface area contributed by atoms with Crippen LogP contribution in [0, 0.1) is 16.7 Å². The van der Waals surface area contributed by atoms with Crippen LogP contribution in [-0.2, 0) is 4.79 Å². The third kappa shape index (κ3) is 2.49. The lowest BCUT2D eigenvalue weighted by Crippen LogP contribution is -2.04. The summed E-state index contributed by atoms with van der Waals surface area (Å²) in [5.74, 6) is -0.868. The lowest BCUT2D eigenvalue weighted by atomic mass is 10.2. The summed E-state index contributed by atoms with van der Waals surface area (Å²) < 4.78 is 2.10. The molecule has 0 amide bonds. The molecule has 1 atom stereocenters. The van der Waals surface area contributed by atoms with Crippen LogP contribution in [0.1, 0.15) is 31.9 Å². The van der Waals surface area contributed by atoms with Gasteiger partial charge in [0, 0.05) is 6.04 Å². The van der Waals surface area contributed by atoms with Gasteiger partial charge in [-0.05, 0) is 30.0 Å². The maximum atomic E-state index is 10.8. The minimum atomic E-state index is -0.855. The highest BCUT2D eigenvalue weighted by atomic mass is 32.2. The van der Waals surface area contributed by atoms with E-state index in [9.17, 15) is 4.79 Å². The van der Waals surface area contributed by atoms with Crippen molar-refractivity contribution in [3.05, 3.63) is 23.8 Å². The molecule has 0 saturated heterocycles. The zero-order valence-electron chi connectivity index (χ0n) is 11.8. The third-order valence-electron chi connectivity index (χ3n) is 3.88. The lowest BCUT2D eigenvalue weighted by molar-refractivity contribution is -0.133. The molecule has 1 unspecified atom stereocenters. The van der Waals surface area contributed by atoms with Crippen LogP contribution < -0.4 is 0 Å². The third-order valence-corrected chi connectivity index (χ3v) is 4.82. The van der Waals surface area contributed by atoms with Crippen LogP contribution in [0.15, 0.2) is 23.4 Å². The van der Waals surface area contributed by atoms with Gasteiger partial charge in [-0.2, -0.15) is 5.26 Å². The first kappa shape index (κ1) is 14.0. The van der Waals surface area contributed by atoms with E-state index in [2.05, 4.69) is 29.5 Å². The van der Waals surface area contributed by atoms with Gasteiger partial charge in [-0.25, -0.2) is 4.98 Å². The van der Waals surface area contributed by atoms with Crippen molar-refractivity contribution in [1.82, 2.24) is 9.55 Å². The van der Waals surface area contributed by atoms with Crippen LogP contribution >= 0.6 is 11.8 Å². The number of rotatable bonds is 4. The van der Waals surface area contributed by atoms with Gasteiger partial charge in [-0.1, -0.05) is 25.6 Å². The molecule has 0 bridgehead atoms. The Morgan fingerprint density at radius 3 is 2.90 bits per heavy atom. The molecule has 0 radical (unpaired) electrons. The predicted molar refractivity (Wildman–Crippen MR) is 80.2 cm³/mol. The van der Waals surface area contributed by atoms with Crippen molar-refractivity contribution in [3.8, 4) is 6.07 Å². The Bertz CT molecular complexity index is 773. The molecule has 1 aliphatic carbocycles. The molecule has 3 rings (SSSR count). The summed E-state index contributed by atoms with van der Waals surface area (Å²) in [7, 11) is 0. The highest BCUT2D eigenvalue weighted by molar-refractivity contribution is 7.99. The summed E-state index contributed by atoms with van der Waals surface area (Å²) in [6.45, 7) is 4.37. The zero-order chi connectivity index (χ0) is 15.2. The zero-order valence-corrected chi connectivity index (χ0v) is 12.6. The smallest absolute Gasteiger partial charge is 0.313 e. The number of hydrogen-bond donors (Lipinski definition) is 1. The van der Waals surface area contributed by atoms with E-state index in [0.29, 0.717) is 11.6 Å². The van der Waals surface area contributed by atoms with Gasteiger partial charge in [0.25, 0.3) is 0 Å². The molecule has 0 aliphatic heterocycles. The summed E-state index contributed by atoms with van der Waals surface area (Å²) in [4.78, 5) is 15.4. The van der Waals surface area contributed by atoms with Crippen LogP contribution in [0.25, 0.3) is 11.0 Å². The van der Waals surface area contributed by atoms with Crippen molar-refractivity contribution < 1.29 is 9.90 Å². The molecule has 2 aromatic rings. The van der Waals surface area contributed by atoms with E-state index >= 15 is 0 Å². The Kier molecular flexibility index (Phi) is 3.18. The number of carbonyl (C=O) groups is 1. The molecule has 1 heterocycles. The number of fused-ring (bicyclic) bond motifs is 1. The number of imidazole rings is 1. The molecular weight excluding hydrogens is 286 g/mol. The second kappa shape index (κ2) is 4.78. The van der Waals surface area contributed by atoms with Gasteiger partial charge in [0.2, 0.25) is 0 Å². The number of benzene rings is 1. The summed E-state index contributed by atoms with van der Waals surface area (Å²) >= 11 is 1.23. The second-order valence-corrected chi connectivity index (χ2v) is 6.91. The molecule has 1 fully saturated rings. The van der Waals surface area contributed by atoms with Gasteiger partial charge in [-0.15, -0.1) is 0 Å². The first-order valence-corrected chi connectivity index (χ1v) is 7.67. The number of aliphatic carboxylic acids is 1. The predicted octanol–water partition coefficient (Wildman–Crippen LogP) is 3.06. The minimum Gasteiger partial charge on any atom is -0.481 e. The van der Waals surface area contributed by atoms with Crippen molar-refractivity contribution in [2.24, 2.45) is 5.41 Å². The Morgan fingerprint density at radius 2 is 2.33 bits per heavy atom. The second-order valence-electron chi connectivity index (χ2n) is 5.97. The normalized spacial score (nSPS) is 19.4. The first-order chi connectivity index (χ1) is 9.92. The number of aromatic nitrogens is 2. The number of carboxylic acid groups (broad SMARTS) is 1. The number of carboxylic acids is 1. The van der Waals surface area contributed by atoms with Crippen LogP contribution in [0.3, 0.4) is 0 Å². The molecule has 1 N–H and O–H groups in total. The van der Waals surface area contributed by atoms with E-state index in [1.807, 2.05) is 12.1 Å². The highest BCUT2D eigenvalue weighted by Gasteiger charge is 2.48. The fourth-order valence-electron chi connectivity index (χ4n) is 2.55. The summed E-state index contributed by atoms with van der Waals surface area (Å²) in [6.07, 6.45) is 1.04. The van der Waals surface area contributed by atoms with Crippen LogP contribution in [0.5, 0.6) is 0 Å². The number of hydrogen-bond acceptors (Lipinski definition) is 4. The summed E-state index contributed by atoms with van der Waals surface area (Å²) in [6, 6.07) is 7.85. The van der Waals surface area contributed by atoms with Crippen molar-refractivity contribution in [2.75, 3.05) is 5.75 Å². The van der Waals surface area contributed by atoms with Crippen molar-refractivity contribution >= 4 is 28.8 Å². The van der Waals surface area contributed by atoms with Crippen LogP contribution in [-0.4, -0.2) is 26.4 Å². The van der Waals surface area contributed by atoms with Gasteiger partial charge < -0.3 is 9.67 Å². The van der Waals surface area contributed by atoms with Crippen molar-refractivity contribution in [3.63, 3.8) is 0 Å². The first-order valence-electron chi connectivity index (χ1n) is 6.69. The molecule has 0 spiro atoms. The van der Waals surface area contributed by atoms with Crippen molar-refractivity contribution in [2.45, 2.75) is 31.5 Å². The van der Waals surface area contributed by atoms with Crippen molar-refractivity contribution in [1.29, 1.82) is 5.26 Å². The van der Waals surface area contributed by atoms with E-state index in [4.69, 9.17) is 10.4 Å². The maximum absolute atomic E-state index is 10.8. The molecule has 5 nitrogen and oxygen atoms in total. The topological polar surface area (TPSA) is 78.9 Å². The molecule has 1 saturated carbocycles.